The standard InChI is InChI=1S/C8H11N3/c1-7(5-9)6-11-4-3-8(2)10-11/h3-4,7H,6H2,1-2H3. The summed E-state index contributed by atoms with van der Waals surface area (Å²) in [5, 5.41) is 12.7. The second kappa shape index (κ2) is 3.20. The van der Waals surface area contributed by atoms with E-state index in [1.807, 2.05) is 26.1 Å². The van der Waals surface area contributed by atoms with Gasteiger partial charge < -0.3 is 0 Å². The molecule has 0 aliphatic rings. The van der Waals surface area contributed by atoms with Crippen LogP contribution in [0.1, 0.15) is 12.6 Å². The second-order valence-corrected chi connectivity index (χ2v) is 2.71. The lowest BCUT2D eigenvalue weighted by Crippen LogP contribution is -2.05. The van der Waals surface area contributed by atoms with Gasteiger partial charge in [0, 0.05) is 6.20 Å². The first kappa shape index (κ1) is 7.80. The highest BCUT2D eigenvalue weighted by atomic mass is 15.3. The molecule has 0 bridgehead atoms. The Bertz CT molecular complexity index is 269. The van der Waals surface area contributed by atoms with E-state index < -0.39 is 0 Å². The van der Waals surface area contributed by atoms with Crippen molar-refractivity contribution in [1.29, 1.82) is 5.26 Å². The lowest BCUT2D eigenvalue weighted by molar-refractivity contribution is 0.526. The van der Waals surface area contributed by atoms with Gasteiger partial charge in [0.25, 0.3) is 0 Å². The van der Waals surface area contributed by atoms with Crippen molar-refractivity contribution in [3.63, 3.8) is 0 Å². The van der Waals surface area contributed by atoms with E-state index >= 15 is 0 Å². The molecule has 1 aromatic rings. The van der Waals surface area contributed by atoms with Gasteiger partial charge in [0.2, 0.25) is 0 Å². The summed E-state index contributed by atoms with van der Waals surface area (Å²) in [5.41, 5.74) is 0.995. The van der Waals surface area contributed by atoms with E-state index in [0.717, 1.165) is 5.69 Å². The number of aryl methyl sites for hydroxylation is 1. The molecule has 0 saturated carbocycles. The number of aromatic nitrogens is 2. The Hall–Kier alpha value is -1.30. The lowest BCUT2D eigenvalue weighted by atomic mass is 10.2. The predicted molar refractivity (Wildman–Crippen MR) is 41.7 cm³/mol. The number of nitrogens with zero attached hydrogens (tertiary/aromatic N) is 3. The summed E-state index contributed by atoms with van der Waals surface area (Å²) in [6.07, 6.45) is 1.89. The SMILES string of the molecule is Cc1ccn(CC(C)C#N)n1. The van der Waals surface area contributed by atoms with Crippen LogP contribution in [0, 0.1) is 24.2 Å². The highest BCUT2D eigenvalue weighted by molar-refractivity contribution is 4.95. The van der Waals surface area contributed by atoms with Crippen molar-refractivity contribution in [2.75, 3.05) is 0 Å². The molecule has 11 heavy (non-hydrogen) atoms. The van der Waals surface area contributed by atoms with E-state index in [2.05, 4.69) is 11.2 Å². The van der Waals surface area contributed by atoms with Gasteiger partial charge in [-0.15, -0.1) is 0 Å². The summed E-state index contributed by atoms with van der Waals surface area (Å²) in [7, 11) is 0. The third kappa shape index (κ3) is 2.08. The van der Waals surface area contributed by atoms with Crippen molar-refractivity contribution >= 4 is 0 Å². The Labute approximate surface area is 66.3 Å². The molecule has 1 unspecified atom stereocenters. The molecule has 0 amide bonds. The van der Waals surface area contributed by atoms with E-state index in [1.54, 1.807) is 4.68 Å². The van der Waals surface area contributed by atoms with Crippen molar-refractivity contribution in [2.24, 2.45) is 5.92 Å². The van der Waals surface area contributed by atoms with Crippen molar-refractivity contribution in [1.82, 2.24) is 9.78 Å². The zero-order chi connectivity index (χ0) is 8.27. The summed E-state index contributed by atoms with van der Waals surface area (Å²) in [6.45, 7) is 4.51. The summed E-state index contributed by atoms with van der Waals surface area (Å²) in [4.78, 5) is 0. The molecule has 58 valence electrons. The molecule has 0 aliphatic heterocycles. The van der Waals surface area contributed by atoms with Crippen molar-refractivity contribution in [3.8, 4) is 6.07 Å². The molecule has 1 heterocycles. The van der Waals surface area contributed by atoms with E-state index in [9.17, 15) is 0 Å². The molecule has 0 N–H and O–H groups in total. The van der Waals surface area contributed by atoms with Gasteiger partial charge in [-0.05, 0) is 19.9 Å². The summed E-state index contributed by atoms with van der Waals surface area (Å²) < 4.78 is 1.79. The minimum absolute atomic E-state index is 0.0364. The molecule has 1 rings (SSSR count). The predicted octanol–water partition coefficient (Wildman–Crippen LogP) is 1.35. The smallest absolute Gasteiger partial charge is 0.0672 e. The zero-order valence-electron chi connectivity index (χ0n) is 6.78. The molecule has 0 radical (unpaired) electrons. The molecule has 0 fully saturated rings. The molecule has 1 aromatic heterocycles. The number of rotatable bonds is 2. The fourth-order valence-corrected chi connectivity index (χ4v) is 0.886. The molecule has 3 heteroatoms. The minimum atomic E-state index is 0.0364. The largest absolute Gasteiger partial charge is 0.271 e. The molecule has 0 aliphatic carbocycles. The van der Waals surface area contributed by atoms with Gasteiger partial charge in [0.05, 0.1) is 24.2 Å². The molecular weight excluding hydrogens is 138 g/mol. The Morgan fingerprint density at radius 3 is 3.00 bits per heavy atom. The summed E-state index contributed by atoms with van der Waals surface area (Å²) in [6, 6.07) is 4.10. The fraction of sp³-hybridized carbons (Fsp3) is 0.500. The van der Waals surface area contributed by atoms with E-state index in [0.29, 0.717) is 6.54 Å². The Kier molecular flexibility index (Phi) is 2.27. The molecular formula is C8H11N3. The van der Waals surface area contributed by atoms with E-state index in [1.165, 1.54) is 0 Å². The first-order valence-electron chi connectivity index (χ1n) is 3.62. The van der Waals surface area contributed by atoms with Crippen LogP contribution < -0.4 is 0 Å². The third-order valence-electron chi connectivity index (χ3n) is 1.46. The molecule has 3 nitrogen and oxygen atoms in total. The van der Waals surface area contributed by atoms with Crippen LogP contribution in [-0.4, -0.2) is 9.78 Å². The van der Waals surface area contributed by atoms with Crippen LogP contribution in [0.2, 0.25) is 0 Å². The third-order valence-corrected chi connectivity index (χ3v) is 1.46. The maximum atomic E-state index is 8.51. The van der Waals surface area contributed by atoms with Gasteiger partial charge in [-0.2, -0.15) is 10.4 Å². The van der Waals surface area contributed by atoms with Gasteiger partial charge in [-0.25, -0.2) is 0 Å². The number of nitriles is 1. The van der Waals surface area contributed by atoms with Gasteiger partial charge in [-0.1, -0.05) is 0 Å². The quantitative estimate of drug-likeness (QED) is 0.637. The Balaban J connectivity index is 2.59. The maximum absolute atomic E-state index is 8.51. The highest BCUT2D eigenvalue weighted by Gasteiger charge is 2.00. The van der Waals surface area contributed by atoms with Crippen LogP contribution in [0.15, 0.2) is 12.3 Å². The normalized spacial score (nSPS) is 12.5. The van der Waals surface area contributed by atoms with Gasteiger partial charge in [-0.3, -0.25) is 4.68 Å². The van der Waals surface area contributed by atoms with Gasteiger partial charge in [0.1, 0.15) is 0 Å². The molecule has 0 spiro atoms. The first-order chi connectivity index (χ1) is 5.22. The lowest BCUT2D eigenvalue weighted by Gasteiger charge is -2.00. The zero-order valence-corrected chi connectivity index (χ0v) is 6.78. The molecule has 1 atom stereocenters. The second-order valence-electron chi connectivity index (χ2n) is 2.71. The number of hydrogen-bond acceptors (Lipinski definition) is 2. The molecule has 0 saturated heterocycles. The highest BCUT2D eigenvalue weighted by Crippen LogP contribution is 1.98. The van der Waals surface area contributed by atoms with Crippen molar-refractivity contribution < 1.29 is 0 Å². The van der Waals surface area contributed by atoms with Crippen molar-refractivity contribution in [2.45, 2.75) is 20.4 Å². The van der Waals surface area contributed by atoms with Gasteiger partial charge in [0.15, 0.2) is 0 Å². The Morgan fingerprint density at radius 2 is 2.55 bits per heavy atom. The first-order valence-corrected chi connectivity index (χ1v) is 3.62. The average Bonchev–Trinajstić information content (AvgIpc) is 2.35. The minimum Gasteiger partial charge on any atom is -0.271 e. The Morgan fingerprint density at radius 1 is 1.82 bits per heavy atom. The van der Waals surface area contributed by atoms with Gasteiger partial charge >= 0.3 is 0 Å². The van der Waals surface area contributed by atoms with E-state index in [-0.39, 0.29) is 5.92 Å². The average molecular weight is 149 g/mol. The number of hydrogen-bond donors (Lipinski definition) is 0. The van der Waals surface area contributed by atoms with Crippen molar-refractivity contribution in [3.05, 3.63) is 18.0 Å². The maximum Gasteiger partial charge on any atom is 0.0672 e. The fourth-order valence-electron chi connectivity index (χ4n) is 0.886. The summed E-state index contributed by atoms with van der Waals surface area (Å²) >= 11 is 0. The van der Waals surface area contributed by atoms with Crippen LogP contribution in [0.25, 0.3) is 0 Å². The van der Waals surface area contributed by atoms with Crippen LogP contribution in [0.5, 0.6) is 0 Å². The van der Waals surface area contributed by atoms with Crippen LogP contribution >= 0.6 is 0 Å². The van der Waals surface area contributed by atoms with Crippen LogP contribution in [0.4, 0.5) is 0 Å². The molecule has 0 aromatic carbocycles. The van der Waals surface area contributed by atoms with Crippen LogP contribution in [0.3, 0.4) is 0 Å². The summed E-state index contributed by atoms with van der Waals surface area (Å²) in [5.74, 6) is 0.0364. The topological polar surface area (TPSA) is 41.6 Å². The monoisotopic (exact) mass is 149 g/mol. The van der Waals surface area contributed by atoms with Crippen LogP contribution in [-0.2, 0) is 6.54 Å². The van der Waals surface area contributed by atoms with E-state index in [4.69, 9.17) is 5.26 Å².